The number of hydrogen-bond donors (Lipinski definition) is 1. The molecule has 0 radical (unpaired) electrons. The van der Waals surface area contributed by atoms with Gasteiger partial charge < -0.3 is 14.5 Å². The Balaban J connectivity index is 1.57. The van der Waals surface area contributed by atoms with Gasteiger partial charge in [-0.1, -0.05) is 44.2 Å². The second kappa shape index (κ2) is 11.2. The summed E-state index contributed by atoms with van der Waals surface area (Å²) in [5.41, 5.74) is 3.04. The number of hydrogen-bond acceptors (Lipinski definition) is 6. The van der Waals surface area contributed by atoms with Gasteiger partial charge in [0.25, 0.3) is 5.91 Å². The van der Waals surface area contributed by atoms with Crippen molar-refractivity contribution in [2.24, 2.45) is 0 Å². The van der Waals surface area contributed by atoms with Crippen LogP contribution in [0.1, 0.15) is 25.0 Å². The zero-order chi connectivity index (χ0) is 27.4. The summed E-state index contributed by atoms with van der Waals surface area (Å²) in [6.45, 7) is 7.68. The van der Waals surface area contributed by atoms with Crippen molar-refractivity contribution in [2.75, 3.05) is 25.0 Å². The SMILES string of the molecule is CCN(CC)S(=O)(=O)c1ccc(NC(=O)COc2c(-c3ccccc3)oc3cc(C)c(C)cc3c2=O)cc1. The van der Waals surface area contributed by atoms with Crippen molar-refractivity contribution in [3.63, 3.8) is 0 Å². The van der Waals surface area contributed by atoms with Gasteiger partial charge in [-0.3, -0.25) is 9.59 Å². The summed E-state index contributed by atoms with van der Waals surface area (Å²) in [4.78, 5) is 26.3. The molecule has 4 aromatic rings. The molecule has 198 valence electrons. The lowest BCUT2D eigenvalue weighted by molar-refractivity contribution is -0.118. The molecule has 0 fully saturated rings. The molecule has 0 spiro atoms. The van der Waals surface area contributed by atoms with E-state index in [9.17, 15) is 18.0 Å². The summed E-state index contributed by atoms with van der Waals surface area (Å²) in [6, 6.07) is 18.6. The highest BCUT2D eigenvalue weighted by Gasteiger charge is 2.22. The van der Waals surface area contributed by atoms with Crippen LogP contribution < -0.4 is 15.5 Å². The topological polar surface area (TPSA) is 106 Å². The second-order valence-electron chi connectivity index (χ2n) is 8.84. The number of amides is 1. The molecule has 0 aliphatic carbocycles. The van der Waals surface area contributed by atoms with E-state index in [1.54, 1.807) is 32.0 Å². The van der Waals surface area contributed by atoms with Crippen LogP contribution in [0, 0.1) is 13.8 Å². The molecule has 4 rings (SSSR count). The van der Waals surface area contributed by atoms with Crippen molar-refractivity contribution in [1.82, 2.24) is 4.31 Å². The first kappa shape index (κ1) is 27.1. The van der Waals surface area contributed by atoms with Crippen LogP contribution in [0.15, 0.2) is 80.8 Å². The van der Waals surface area contributed by atoms with Gasteiger partial charge in [-0.25, -0.2) is 8.42 Å². The molecule has 0 atom stereocenters. The fraction of sp³-hybridized carbons (Fsp3) is 0.241. The fourth-order valence-corrected chi connectivity index (χ4v) is 5.56. The third-order valence-electron chi connectivity index (χ3n) is 6.33. The molecule has 1 N–H and O–H groups in total. The average molecular weight is 535 g/mol. The monoisotopic (exact) mass is 534 g/mol. The minimum atomic E-state index is -3.60. The van der Waals surface area contributed by atoms with Crippen LogP contribution in [-0.4, -0.2) is 38.3 Å². The van der Waals surface area contributed by atoms with Crippen molar-refractivity contribution in [3.8, 4) is 17.1 Å². The van der Waals surface area contributed by atoms with Gasteiger partial charge in [0, 0.05) is 24.3 Å². The van der Waals surface area contributed by atoms with E-state index in [4.69, 9.17) is 9.15 Å². The van der Waals surface area contributed by atoms with E-state index in [2.05, 4.69) is 5.32 Å². The van der Waals surface area contributed by atoms with Crippen LogP contribution in [0.2, 0.25) is 0 Å². The first-order valence-corrected chi connectivity index (χ1v) is 13.8. The zero-order valence-corrected chi connectivity index (χ0v) is 22.6. The first-order valence-electron chi connectivity index (χ1n) is 12.3. The van der Waals surface area contributed by atoms with Gasteiger partial charge in [-0.15, -0.1) is 0 Å². The predicted octanol–water partition coefficient (Wildman–Crippen LogP) is 5.12. The molecule has 8 nitrogen and oxygen atoms in total. The maximum absolute atomic E-state index is 13.4. The summed E-state index contributed by atoms with van der Waals surface area (Å²) >= 11 is 0. The fourth-order valence-electron chi connectivity index (χ4n) is 4.10. The molecule has 3 aromatic carbocycles. The Labute approximate surface area is 221 Å². The Hall–Kier alpha value is -3.95. The smallest absolute Gasteiger partial charge is 0.262 e. The van der Waals surface area contributed by atoms with Crippen LogP contribution in [0.5, 0.6) is 5.75 Å². The molecule has 0 aliphatic heterocycles. The predicted molar refractivity (Wildman–Crippen MR) is 148 cm³/mol. The number of sulfonamides is 1. The largest absolute Gasteiger partial charge is 0.476 e. The lowest BCUT2D eigenvalue weighted by Gasteiger charge is -2.18. The number of nitrogens with zero attached hydrogens (tertiary/aromatic N) is 1. The number of carbonyl (C=O) groups excluding carboxylic acids is 1. The van der Waals surface area contributed by atoms with Gasteiger partial charge in [-0.05, 0) is 61.4 Å². The number of rotatable bonds is 9. The van der Waals surface area contributed by atoms with Crippen LogP contribution in [0.3, 0.4) is 0 Å². The third-order valence-corrected chi connectivity index (χ3v) is 8.39. The van der Waals surface area contributed by atoms with Crippen molar-refractivity contribution in [1.29, 1.82) is 0 Å². The Morgan fingerprint density at radius 1 is 0.947 bits per heavy atom. The number of aryl methyl sites for hydroxylation is 2. The van der Waals surface area contributed by atoms with Gasteiger partial charge >= 0.3 is 0 Å². The van der Waals surface area contributed by atoms with Gasteiger partial charge in [0.2, 0.25) is 21.2 Å². The normalized spacial score (nSPS) is 11.6. The van der Waals surface area contributed by atoms with Gasteiger partial charge in [0.05, 0.1) is 10.3 Å². The molecule has 0 bridgehead atoms. The number of ether oxygens (including phenoxy) is 1. The van der Waals surface area contributed by atoms with Crippen LogP contribution in [0.25, 0.3) is 22.3 Å². The van der Waals surface area contributed by atoms with E-state index in [1.165, 1.54) is 28.6 Å². The van der Waals surface area contributed by atoms with Crippen molar-refractivity contribution < 1.29 is 22.4 Å². The molecule has 0 unspecified atom stereocenters. The van der Waals surface area contributed by atoms with E-state index < -0.39 is 22.5 Å². The summed E-state index contributed by atoms with van der Waals surface area (Å²) in [5, 5.41) is 3.04. The second-order valence-corrected chi connectivity index (χ2v) is 10.8. The van der Waals surface area contributed by atoms with Crippen molar-refractivity contribution >= 4 is 32.6 Å². The Morgan fingerprint density at radius 2 is 1.58 bits per heavy atom. The highest BCUT2D eigenvalue weighted by molar-refractivity contribution is 7.89. The molecule has 1 heterocycles. The molecule has 38 heavy (non-hydrogen) atoms. The quantitative estimate of drug-likeness (QED) is 0.319. The summed E-state index contributed by atoms with van der Waals surface area (Å²) < 4.78 is 38.6. The maximum atomic E-state index is 13.4. The van der Waals surface area contributed by atoms with Crippen LogP contribution in [-0.2, 0) is 14.8 Å². The zero-order valence-electron chi connectivity index (χ0n) is 21.8. The lowest BCUT2D eigenvalue weighted by atomic mass is 10.0. The molecule has 0 saturated heterocycles. The third kappa shape index (κ3) is 5.49. The highest BCUT2D eigenvalue weighted by Crippen LogP contribution is 2.31. The van der Waals surface area contributed by atoms with Crippen LogP contribution >= 0.6 is 0 Å². The van der Waals surface area contributed by atoms with E-state index in [-0.39, 0.29) is 21.8 Å². The molecule has 1 amide bonds. The summed E-state index contributed by atoms with van der Waals surface area (Å²) in [6.07, 6.45) is 0. The van der Waals surface area contributed by atoms with E-state index in [1.807, 2.05) is 38.1 Å². The Bertz CT molecular complexity index is 1620. The number of fused-ring (bicyclic) bond motifs is 1. The first-order chi connectivity index (χ1) is 18.1. The van der Waals surface area contributed by atoms with Crippen molar-refractivity contribution in [3.05, 3.63) is 88.1 Å². The summed E-state index contributed by atoms with van der Waals surface area (Å²) in [7, 11) is -3.60. The molecular formula is C29H30N2O6S. The molecule has 1 aromatic heterocycles. The van der Waals surface area contributed by atoms with Gasteiger partial charge in [-0.2, -0.15) is 4.31 Å². The average Bonchev–Trinajstić information content (AvgIpc) is 2.90. The minimum Gasteiger partial charge on any atom is -0.476 e. The molecule has 9 heteroatoms. The van der Waals surface area contributed by atoms with E-state index in [0.717, 1.165) is 11.1 Å². The molecule has 0 aliphatic rings. The van der Waals surface area contributed by atoms with Crippen LogP contribution in [0.4, 0.5) is 5.69 Å². The van der Waals surface area contributed by atoms with Crippen molar-refractivity contribution in [2.45, 2.75) is 32.6 Å². The Kier molecular flexibility index (Phi) is 7.99. The number of benzene rings is 3. The number of carbonyl (C=O) groups is 1. The van der Waals surface area contributed by atoms with Gasteiger partial charge in [0.15, 0.2) is 12.4 Å². The standard InChI is InChI=1S/C29H30N2O6S/c1-5-31(6-2)38(34,35)23-14-12-22(13-15-23)30-26(32)18-36-29-27(33)24-16-19(3)20(4)17-25(24)37-28(29)21-10-8-7-9-11-21/h7-17H,5-6,18H2,1-4H3,(H,30,32). The highest BCUT2D eigenvalue weighted by atomic mass is 32.2. The maximum Gasteiger partial charge on any atom is 0.262 e. The van der Waals surface area contributed by atoms with E-state index in [0.29, 0.717) is 35.3 Å². The van der Waals surface area contributed by atoms with E-state index >= 15 is 0 Å². The lowest BCUT2D eigenvalue weighted by Crippen LogP contribution is -2.30. The Morgan fingerprint density at radius 3 is 2.21 bits per heavy atom. The number of anilines is 1. The number of nitrogens with one attached hydrogen (secondary N) is 1. The summed E-state index contributed by atoms with van der Waals surface area (Å²) in [5.74, 6) is -0.323. The molecular weight excluding hydrogens is 504 g/mol. The van der Waals surface area contributed by atoms with Gasteiger partial charge in [0.1, 0.15) is 5.58 Å². The minimum absolute atomic E-state index is 0.0530. The molecule has 0 saturated carbocycles.